The number of carbonyl (C=O) groups is 2. The number of hydrogen-bond donors (Lipinski definition) is 1. The SMILES string of the molecule is CC/C=C\C/C=C\C/C=C\C/C=C\C/C=C\C/C=C\CCC(=O)OC(COC(=O)CCCCCCCCC/C=C\C/C=C\C/C=C\C/C=C\C/C=C\CC)COP(=O)(O)OCC[N+](C)(C)C. The van der Waals surface area contributed by atoms with E-state index in [1.807, 2.05) is 33.3 Å². The number of unbranched alkanes of at least 4 members (excludes halogenated alkanes) is 7. The molecule has 0 radical (unpaired) electrons. The maximum absolute atomic E-state index is 12.7. The molecule has 0 fully saturated rings. The summed E-state index contributed by atoms with van der Waals surface area (Å²) < 4.78 is 34.3. The van der Waals surface area contributed by atoms with Crippen LogP contribution in [0.2, 0.25) is 0 Å². The van der Waals surface area contributed by atoms with Gasteiger partial charge < -0.3 is 18.9 Å². The van der Waals surface area contributed by atoms with E-state index in [0.717, 1.165) is 96.3 Å². The van der Waals surface area contributed by atoms with E-state index >= 15 is 0 Å². The normalized spacial score (nSPS) is 14.6. The molecule has 0 aliphatic heterocycles. The minimum absolute atomic E-state index is 0.00772. The van der Waals surface area contributed by atoms with Crippen molar-refractivity contribution in [2.75, 3.05) is 47.5 Å². The van der Waals surface area contributed by atoms with Crippen molar-refractivity contribution >= 4 is 19.8 Å². The van der Waals surface area contributed by atoms with Crippen molar-refractivity contribution in [2.45, 2.75) is 161 Å². The first-order valence-corrected chi connectivity index (χ1v) is 26.4. The van der Waals surface area contributed by atoms with Crippen LogP contribution in [0.1, 0.15) is 155 Å². The highest BCUT2D eigenvalue weighted by Crippen LogP contribution is 2.43. The Kier molecular flexibility index (Phi) is 43.6. The van der Waals surface area contributed by atoms with Gasteiger partial charge in [0.15, 0.2) is 6.10 Å². The average Bonchev–Trinajstić information content (AvgIpc) is 3.27. The fourth-order valence-corrected chi connectivity index (χ4v) is 6.63. The second kappa shape index (κ2) is 46.3. The van der Waals surface area contributed by atoms with Gasteiger partial charge in [0.05, 0.1) is 27.7 Å². The lowest BCUT2D eigenvalue weighted by atomic mass is 10.1. The summed E-state index contributed by atoms with van der Waals surface area (Å²) in [7, 11) is 1.40. The van der Waals surface area contributed by atoms with Gasteiger partial charge in [-0.3, -0.25) is 18.6 Å². The first kappa shape index (κ1) is 62.1. The Morgan fingerprint density at radius 2 is 0.848 bits per heavy atom. The quantitative estimate of drug-likeness (QED) is 0.0212. The van der Waals surface area contributed by atoms with Crippen LogP contribution in [-0.4, -0.2) is 74.9 Å². The zero-order valence-electron chi connectivity index (χ0n) is 41.9. The second-order valence-electron chi connectivity index (χ2n) is 17.1. The molecule has 0 saturated carbocycles. The van der Waals surface area contributed by atoms with Gasteiger partial charge in [0.25, 0.3) is 0 Å². The molecular weight excluding hydrogens is 846 g/mol. The first-order chi connectivity index (χ1) is 32.0. The van der Waals surface area contributed by atoms with Crippen LogP contribution in [0.25, 0.3) is 0 Å². The molecule has 0 aliphatic carbocycles. The summed E-state index contributed by atoms with van der Waals surface area (Å²) in [6.45, 7) is 4.07. The van der Waals surface area contributed by atoms with Crippen LogP contribution in [-0.2, 0) is 32.7 Å². The fourth-order valence-electron chi connectivity index (χ4n) is 5.89. The predicted molar refractivity (Wildman–Crippen MR) is 279 cm³/mol. The summed E-state index contributed by atoms with van der Waals surface area (Å²) >= 11 is 0. The third-order valence-electron chi connectivity index (χ3n) is 9.69. The van der Waals surface area contributed by atoms with Crippen molar-refractivity contribution in [3.8, 4) is 0 Å². The largest absolute Gasteiger partial charge is 0.472 e. The highest BCUT2D eigenvalue weighted by Gasteiger charge is 2.27. The Morgan fingerprint density at radius 1 is 0.470 bits per heavy atom. The molecule has 0 aromatic rings. The van der Waals surface area contributed by atoms with Crippen molar-refractivity contribution < 1.29 is 42.1 Å². The average molecular weight is 937 g/mol. The number of hydrogen-bond acceptors (Lipinski definition) is 7. The zero-order valence-corrected chi connectivity index (χ0v) is 42.8. The number of ether oxygens (including phenoxy) is 2. The number of phosphoric acid groups is 1. The van der Waals surface area contributed by atoms with E-state index in [9.17, 15) is 19.0 Å². The lowest BCUT2D eigenvalue weighted by Crippen LogP contribution is -2.37. The van der Waals surface area contributed by atoms with Crippen molar-refractivity contribution in [3.05, 3.63) is 134 Å². The number of phosphoric ester groups is 1. The van der Waals surface area contributed by atoms with Crippen LogP contribution in [0, 0.1) is 0 Å². The Bertz CT molecular complexity index is 1570. The minimum Gasteiger partial charge on any atom is -0.462 e. The zero-order chi connectivity index (χ0) is 48.5. The van der Waals surface area contributed by atoms with E-state index in [4.69, 9.17) is 18.5 Å². The van der Waals surface area contributed by atoms with Crippen molar-refractivity contribution in [3.63, 3.8) is 0 Å². The molecule has 2 atom stereocenters. The molecule has 0 rings (SSSR count). The van der Waals surface area contributed by atoms with E-state index in [1.54, 1.807) is 0 Å². The minimum atomic E-state index is -4.41. The van der Waals surface area contributed by atoms with E-state index in [0.29, 0.717) is 23.9 Å². The van der Waals surface area contributed by atoms with E-state index in [1.165, 1.54) is 19.3 Å². The molecule has 10 heteroatoms. The first-order valence-electron chi connectivity index (χ1n) is 24.9. The van der Waals surface area contributed by atoms with Crippen molar-refractivity contribution in [1.82, 2.24) is 0 Å². The third kappa shape index (κ3) is 49.6. The number of esters is 2. The Balaban J connectivity index is 4.43. The molecule has 0 amide bonds. The lowest BCUT2D eigenvalue weighted by Gasteiger charge is -2.24. The van der Waals surface area contributed by atoms with Crippen LogP contribution in [0.5, 0.6) is 0 Å². The molecule has 0 bridgehead atoms. The van der Waals surface area contributed by atoms with Crippen LogP contribution in [0.15, 0.2) is 134 Å². The number of likely N-dealkylation sites (N-methyl/N-ethyl adjacent to an activating group) is 1. The molecule has 0 aliphatic rings. The summed E-state index contributed by atoms with van der Waals surface area (Å²) in [5.74, 6) is -0.923. The van der Waals surface area contributed by atoms with Crippen LogP contribution in [0.3, 0.4) is 0 Å². The number of carbonyl (C=O) groups excluding carboxylic acids is 2. The molecule has 0 aromatic heterocycles. The summed E-state index contributed by atoms with van der Waals surface area (Å²) in [5, 5.41) is 0. The lowest BCUT2D eigenvalue weighted by molar-refractivity contribution is -0.870. The molecular formula is C56H91NO8P+. The van der Waals surface area contributed by atoms with Crippen molar-refractivity contribution in [1.29, 1.82) is 0 Å². The standard InChI is InChI=1S/C56H90NO8P/c1-6-8-10-12-14-16-18-20-22-24-26-27-28-29-31-32-34-36-38-40-42-44-46-48-55(58)62-52-54(53-64-66(60,61)63-51-50-57(3,4)5)65-56(59)49-47-45-43-41-39-37-35-33-30-25-23-21-19-17-15-13-11-9-7-2/h8-11,14-17,20-23,26-27,29-31,33,37,39,43,45,54H,6-7,12-13,18-19,24-25,28,32,34-36,38,40-42,44,46-53H2,1-5H3/p+1/b10-8-,11-9-,16-14-,17-15-,22-20-,23-21-,27-26-,31-29-,33-30-,39-37-,45-43-. The molecule has 2 unspecified atom stereocenters. The predicted octanol–water partition coefficient (Wildman–Crippen LogP) is 15.0. The molecule has 9 nitrogen and oxygen atoms in total. The highest BCUT2D eigenvalue weighted by molar-refractivity contribution is 7.47. The molecule has 66 heavy (non-hydrogen) atoms. The number of rotatable bonds is 43. The summed E-state index contributed by atoms with van der Waals surface area (Å²) in [6.07, 6.45) is 66.6. The van der Waals surface area contributed by atoms with Gasteiger partial charge in [-0.2, -0.15) is 0 Å². The van der Waals surface area contributed by atoms with Gasteiger partial charge in [-0.05, 0) is 96.3 Å². The van der Waals surface area contributed by atoms with Gasteiger partial charge in [0.2, 0.25) is 0 Å². The monoisotopic (exact) mass is 937 g/mol. The molecule has 372 valence electrons. The summed E-state index contributed by atoms with van der Waals surface area (Å²) in [6, 6.07) is 0. The molecule has 0 spiro atoms. The smallest absolute Gasteiger partial charge is 0.462 e. The molecule has 1 N–H and O–H groups in total. The number of nitrogens with zero attached hydrogens (tertiary/aromatic N) is 1. The molecule has 0 aromatic carbocycles. The second-order valence-corrected chi connectivity index (χ2v) is 18.5. The van der Waals surface area contributed by atoms with Gasteiger partial charge in [0.1, 0.15) is 19.8 Å². The molecule has 0 saturated heterocycles. The van der Waals surface area contributed by atoms with Crippen LogP contribution >= 0.6 is 7.82 Å². The molecule has 0 heterocycles. The highest BCUT2D eigenvalue weighted by atomic mass is 31.2. The van der Waals surface area contributed by atoms with E-state index in [-0.39, 0.29) is 26.1 Å². The summed E-state index contributed by atoms with van der Waals surface area (Å²) in [4.78, 5) is 35.5. The van der Waals surface area contributed by atoms with E-state index in [2.05, 4.69) is 135 Å². The Hall–Kier alpha value is -3.85. The van der Waals surface area contributed by atoms with Gasteiger partial charge in [-0.25, -0.2) is 4.57 Å². The van der Waals surface area contributed by atoms with E-state index < -0.39 is 32.5 Å². The fraction of sp³-hybridized carbons (Fsp3) is 0.571. The maximum atomic E-state index is 12.7. The van der Waals surface area contributed by atoms with Crippen LogP contribution in [0.4, 0.5) is 0 Å². The third-order valence-corrected chi connectivity index (χ3v) is 10.7. The van der Waals surface area contributed by atoms with Gasteiger partial charge in [-0.15, -0.1) is 0 Å². The Labute approximate surface area is 402 Å². The van der Waals surface area contributed by atoms with Gasteiger partial charge >= 0.3 is 19.8 Å². The van der Waals surface area contributed by atoms with Crippen molar-refractivity contribution in [2.24, 2.45) is 0 Å². The van der Waals surface area contributed by atoms with Gasteiger partial charge in [-0.1, -0.05) is 180 Å². The Morgan fingerprint density at radius 3 is 1.27 bits per heavy atom. The van der Waals surface area contributed by atoms with Crippen LogP contribution < -0.4 is 0 Å². The number of allylic oxidation sites excluding steroid dienone is 22. The maximum Gasteiger partial charge on any atom is 0.472 e. The topological polar surface area (TPSA) is 108 Å². The van der Waals surface area contributed by atoms with Gasteiger partial charge in [0, 0.05) is 12.8 Å². The summed E-state index contributed by atoms with van der Waals surface area (Å²) in [5.41, 5.74) is 0. The number of quaternary nitrogens is 1.